The Hall–Kier alpha value is -1.36. The maximum Gasteiger partial charge on any atom is 0.216 e. The number of hydrogen-bond donors (Lipinski definition) is 0. The Morgan fingerprint density at radius 1 is 1.24 bits per heavy atom. The molecule has 4 nitrogen and oxygen atoms in total. The number of ether oxygens (including phenoxy) is 2. The van der Waals surface area contributed by atoms with Crippen molar-refractivity contribution in [3.63, 3.8) is 0 Å². The summed E-state index contributed by atoms with van der Waals surface area (Å²) in [5.41, 5.74) is 0.605. The molecule has 0 heterocycles. The van der Waals surface area contributed by atoms with E-state index in [0.29, 0.717) is 17.1 Å². The van der Waals surface area contributed by atoms with Crippen molar-refractivity contribution in [2.24, 2.45) is 0 Å². The fourth-order valence-corrected chi connectivity index (χ4v) is 2.05. The molecule has 0 amide bonds. The average Bonchev–Trinajstić information content (AvgIpc) is 2.35. The lowest BCUT2D eigenvalue weighted by Crippen LogP contribution is -2.15. The highest BCUT2D eigenvalue weighted by molar-refractivity contribution is 9.09. The van der Waals surface area contributed by atoms with Crippen LogP contribution in [-0.2, 0) is 9.59 Å². The number of carbonyl (C=O) groups excluding carboxylic acids is 2. The molecule has 0 aliphatic rings. The molecule has 92 valence electrons. The van der Waals surface area contributed by atoms with Crippen molar-refractivity contribution in [3.05, 3.63) is 23.8 Å². The number of halogens is 1. The monoisotopic (exact) mass is 300 g/mol. The minimum absolute atomic E-state index is 0.496. The molecular formula is C12H13BrO4. The van der Waals surface area contributed by atoms with E-state index in [4.69, 9.17) is 9.47 Å². The van der Waals surface area contributed by atoms with E-state index < -0.39 is 16.4 Å². The summed E-state index contributed by atoms with van der Waals surface area (Å²) in [7, 11) is 3.04. The number of alkyl halides is 1. The van der Waals surface area contributed by atoms with Crippen LogP contribution < -0.4 is 9.47 Å². The quantitative estimate of drug-likeness (QED) is 0.618. The number of rotatable bonds is 5. The summed E-state index contributed by atoms with van der Waals surface area (Å²) in [6.45, 7) is 1.24. The van der Waals surface area contributed by atoms with Gasteiger partial charge >= 0.3 is 0 Å². The van der Waals surface area contributed by atoms with E-state index in [-0.39, 0.29) is 0 Å². The molecule has 0 bridgehead atoms. The van der Waals surface area contributed by atoms with Crippen molar-refractivity contribution < 1.29 is 19.1 Å². The lowest BCUT2D eigenvalue weighted by molar-refractivity contribution is -0.135. The highest BCUT2D eigenvalue weighted by Crippen LogP contribution is 2.34. The lowest BCUT2D eigenvalue weighted by atomic mass is 10.1. The third kappa shape index (κ3) is 3.06. The molecule has 0 radical (unpaired) electrons. The van der Waals surface area contributed by atoms with E-state index in [0.717, 1.165) is 0 Å². The number of ketones is 2. The molecule has 0 N–H and O–H groups in total. The van der Waals surface area contributed by atoms with Crippen molar-refractivity contribution in [2.75, 3.05) is 14.2 Å². The van der Waals surface area contributed by atoms with Gasteiger partial charge in [-0.05, 0) is 6.07 Å². The van der Waals surface area contributed by atoms with Crippen molar-refractivity contribution in [3.8, 4) is 11.5 Å². The van der Waals surface area contributed by atoms with Crippen LogP contribution in [0, 0.1) is 0 Å². The molecule has 1 aromatic carbocycles. The third-order valence-corrected chi connectivity index (χ3v) is 3.20. The van der Waals surface area contributed by atoms with Gasteiger partial charge in [0.15, 0.2) is 5.78 Å². The van der Waals surface area contributed by atoms with Crippen LogP contribution in [0.15, 0.2) is 18.2 Å². The van der Waals surface area contributed by atoms with Gasteiger partial charge in [0.25, 0.3) is 0 Å². The van der Waals surface area contributed by atoms with Crippen LogP contribution in [-0.4, -0.2) is 25.8 Å². The van der Waals surface area contributed by atoms with Crippen LogP contribution >= 0.6 is 15.9 Å². The van der Waals surface area contributed by atoms with Gasteiger partial charge in [-0.3, -0.25) is 9.59 Å². The van der Waals surface area contributed by atoms with Crippen LogP contribution in [0.5, 0.6) is 11.5 Å². The molecular weight excluding hydrogens is 288 g/mol. The van der Waals surface area contributed by atoms with Gasteiger partial charge < -0.3 is 9.47 Å². The lowest BCUT2D eigenvalue weighted by Gasteiger charge is -2.13. The highest BCUT2D eigenvalue weighted by atomic mass is 79.9. The Morgan fingerprint density at radius 2 is 1.88 bits per heavy atom. The molecule has 0 aliphatic heterocycles. The molecule has 17 heavy (non-hydrogen) atoms. The normalized spacial score (nSPS) is 11.8. The van der Waals surface area contributed by atoms with Crippen molar-refractivity contribution in [2.45, 2.75) is 11.8 Å². The average molecular weight is 301 g/mol. The van der Waals surface area contributed by atoms with Crippen LogP contribution in [0.4, 0.5) is 0 Å². The Morgan fingerprint density at radius 3 is 2.35 bits per heavy atom. The summed E-state index contributed by atoms with van der Waals surface area (Å²) >= 11 is 3.20. The molecule has 0 aliphatic carbocycles. The second-order valence-corrected chi connectivity index (χ2v) is 4.31. The smallest absolute Gasteiger partial charge is 0.216 e. The van der Waals surface area contributed by atoms with Gasteiger partial charge in [-0.25, -0.2) is 0 Å². The van der Waals surface area contributed by atoms with E-state index in [1.54, 1.807) is 25.3 Å². The summed E-state index contributed by atoms with van der Waals surface area (Å²) in [5.74, 6) is 0.125. The predicted octanol–water partition coefficient (Wildman–Crippen LogP) is 2.30. The summed E-state index contributed by atoms with van der Waals surface area (Å²) in [6.07, 6.45) is 0. The topological polar surface area (TPSA) is 52.6 Å². The van der Waals surface area contributed by atoms with Crippen LogP contribution in [0.1, 0.15) is 17.3 Å². The van der Waals surface area contributed by atoms with Gasteiger partial charge in [0.1, 0.15) is 16.3 Å². The van der Waals surface area contributed by atoms with Gasteiger partial charge in [-0.1, -0.05) is 22.0 Å². The predicted molar refractivity (Wildman–Crippen MR) is 66.9 cm³/mol. The number of benzene rings is 1. The molecule has 1 aromatic rings. The minimum Gasteiger partial charge on any atom is -0.497 e. The summed E-state index contributed by atoms with van der Waals surface area (Å²) in [6, 6.07) is 5.06. The second kappa shape index (κ2) is 5.82. The zero-order chi connectivity index (χ0) is 13.0. The Labute approximate surface area is 108 Å². The van der Waals surface area contributed by atoms with Gasteiger partial charge in [-0.15, -0.1) is 0 Å². The summed E-state index contributed by atoms with van der Waals surface area (Å²) in [5, 5.41) is 0. The fourth-order valence-electron chi connectivity index (χ4n) is 1.35. The Balaban J connectivity index is 3.13. The van der Waals surface area contributed by atoms with Gasteiger partial charge in [0.2, 0.25) is 5.78 Å². The van der Waals surface area contributed by atoms with E-state index >= 15 is 0 Å². The SMILES string of the molecule is COc1ccc(C(Br)C(=O)C(C)=O)c(OC)c1. The molecule has 5 heteroatoms. The van der Waals surface area contributed by atoms with Crippen LogP contribution in [0.25, 0.3) is 0 Å². The van der Waals surface area contributed by atoms with Crippen molar-refractivity contribution >= 4 is 27.5 Å². The molecule has 0 saturated heterocycles. The first-order chi connectivity index (χ1) is 8.01. The van der Waals surface area contributed by atoms with E-state index in [2.05, 4.69) is 15.9 Å². The number of methoxy groups -OCH3 is 2. The van der Waals surface area contributed by atoms with Crippen LogP contribution in [0.2, 0.25) is 0 Å². The summed E-state index contributed by atoms with van der Waals surface area (Å²) < 4.78 is 10.2. The number of hydrogen-bond acceptors (Lipinski definition) is 4. The van der Waals surface area contributed by atoms with Crippen molar-refractivity contribution in [1.29, 1.82) is 0 Å². The first-order valence-corrected chi connectivity index (χ1v) is 5.83. The zero-order valence-electron chi connectivity index (χ0n) is 9.82. The standard InChI is InChI=1S/C12H13BrO4/c1-7(14)12(15)11(13)9-5-4-8(16-2)6-10(9)17-3/h4-6,11H,1-3H3. The second-order valence-electron chi connectivity index (χ2n) is 3.39. The maximum atomic E-state index is 11.6. The molecule has 0 fully saturated rings. The Kier molecular flexibility index (Phi) is 4.69. The third-order valence-electron chi connectivity index (χ3n) is 2.29. The fraction of sp³-hybridized carbons (Fsp3) is 0.333. The van der Waals surface area contributed by atoms with E-state index in [9.17, 15) is 9.59 Å². The Bertz CT molecular complexity index is 442. The highest BCUT2D eigenvalue weighted by Gasteiger charge is 2.24. The van der Waals surface area contributed by atoms with Gasteiger partial charge in [0, 0.05) is 18.6 Å². The molecule has 0 saturated carbocycles. The first-order valence-electron chi connectivity index (χ1n) is 4.92. The molecule has 0 aromatic heterocycles. The maximum absolute atomic E-state index is 11.6. The van der Waals surface area contributed by atoms with E-state index in [1.807, 2.05) is 0 Å². The summed E-state index contributed by atoms with van der Waals surface area (Å²) in [4.78, 5) is 21.9. The van der Waals surface area contributed by atoms with Crippen molar-refractivity contribution in [1.82, 2.24) is 0 Å². The van der Waals surface area contributed by atoms with Gasteiger partial charge in [-0.2, -0.15) is 0 Å². The number of carbonyl (C=O) groups is 2. The minimum atomic E-state index is -0.694. The molecule has 1 rings (SSSR count). The molecule has 1 atom stereocenters. The first kappa shape index (κ1) is 13.7. The van der Waals surface area contributed by atoms with Gasteiger partial charge in [0.05, 0.1) is 14.2 Å². The van der Waals surface area contributed by atoms with E-state index in [1.165, 1.54) is 14.0 Å². The largest absolute Gasteiger partial charge is 0.497 e. The molecule has 0 spiro atoms. The number of Topliss-reactive ketones (excluding diaryl/α,β-unsaturated/α-hetero) is 2. The zero-order valence-corrected chi connectivity index (χ0v) is 11.4. The molecule has 1 unspecified atom stereocenters. The van der Waals surface area contributed by atoms with Crippen LogP contribution in [0.3, 0.4) is 0 Å².